The topological polar surface area (TPSA) is 19.0 Å². The van der Waals surface area contributed by atoms with E-state index in [9.17, 15) is 0 Å². The number of nitrogens with zero attached hydrogens (tertiary/aromatic N) is 3. The first-order valence-electron chi connectivity index (χ1n) is 13.4. The molecule has 2 saturated heterocycles. The van der Waals surface area contributed by atoms with Crippen LogP contribution in [-0.2, 0) is 4.74 Å². The molecule has 3 fully saturated rings. The van der Waals surface area contributed by atoms with Crippen molar-refractivity contribution in [3.8, 4) is 0 Å². The van der Waals surface area contributed by atoms with Gasteiger partial charge in [-0.25, -0.2) is 0 Å². The Hall–Kier alpha value is -0.970. The van der Waals surface area contributed by atoms with Crippen molar-refractivity contribution >= 4 is 23.8 Å². The van der Waals surface area contributed by atoms with E-state index in [0.717, 1.165) is 13.1 Å². The van der Waals surface area contributed by atoms with Crippen LogP contribution in [0.25, 0.3) is 0 Å². The van der Waals surface area contributed by atoms with Crippen LogP contribution in [0.15, 0.2) is 18.2 Å². The van der Waals surface area contributed by atoms with Gasteiger partial charge in [0.05, 0.1) is 6.10 Å². The molecule has 4 nitrogen and oxygen atoms in total. The average molecular weight is 478 g/mol. The van der Waals surface area contributed by atoms with Gasteiger partial charge in [-0.05, 0) is 86.6 Å². The van der Waals surface area contributed by atoms with Gasteiger partial charge in [0.15, 0.2) is 0 Å². The molecule has 4 rings (SSSR count). The molecule has 0 unspecified atom stereocenters. The van der Waals surface area contributed by atoms with E-state index in [1.54, 1.807) is 5.56 Å². The van der Waals surface area contributed by atoms with Crippen LogP contribution in [0, 0.1) is 5.41 Å². The lowest BCUT2D eigenvalue weighted by molar-refractivity contribution is 0.0893. The molecule has 1 aliphatic carbocycles. The number of benzene rings is 1. The molecule has 1 atom stereocenters. The van der Waals surface area contributed by atoms with E-state index in [1.807, 2.05) is 7.11 Å². The van der Waals surface area contributed by atoms with Crippen molar-refractivity contribution in [2.24, 2.45) is 5.41 Å². The maximum atomic E-state index is 5.71. The van der Waals surface area contributed by atoms with Gasteiger partial charge >= 0.3 is 0 Å². The standard InChI is InChI=1S/C28H47N3O.ClH/c1-5-6-15-29-17-19-30(20-18-29)27-10-9-24(31-16-7-8-25(22-31)32-4)21-26(27)23-11-13-28(2,3)14-12-23;/h9-10,21,23,25H,5-8,11-20,22H2,1-4H3;1H/t25-;/m0./s1. The highest BCUT2D eigenvalue weighted by Crippen LogP contribution is 2.46. The molecule has 1 aromatic rings. The Kier molecular flexibility index (Phi) is 9.79. The number of ether oxygens (including phenoxy) is 1. The van der Waals surface area contributed by atoms with Crippen LogP contribution in [0.2, 0.25) is 0 Å². The third-order valence-corrected chi connectivity index (χ3v) is 8.41. The number of halogens is 1. The third kappa shape index (κ3) is 6.80. The summed E-state index contributed by atoms with van der Waals surface area (Å²) in [6, 6.07) is 7.43. The number of anilines is 2. The predicted octanol–water partition coefficient (Wildman–Crippen LogP) is 6.33. The SMILES string of the molecule is CCCCN1CCN(c2ccc(N3CCC[C@H](OC)C3)cc2C2CCC(C)(C)CC2)CC1.Cl. The van der Waals surface area contributed by atoms with Crippen molar-refractivity contribution in [2.45, 2.75) is 84.2 Å². The zero-order chi connectivity index (χ0) is 22.6. The Morgan fingerprint density at radius 1 is 0.970 bits per heavy atom. The highest BCUT2D eigenvalue weighted by atomic mass is 35.5. The predicted molar refractivity (Wildman–Crippen MR) is 144 cm³/mol. The van der Waals surface area contributed by atoms with E-state index in [2.05, 4.69) is 53.7 Å². The second-order valence-corrected chi connectivity index (χ2v) is 11.3. The van der Waals surface area contributed by atoms with Gasteiger partial charge in [0.25, 0.3) is 0 Å². The lowest BCUT2D eigenvalue weighted by Crippen LogP contribution is -2.47. The van der Waals surface area contributed by atoms with Crippen molar-refractivity contribution in [3.63, 3.8) is 0 Å². The number of piperazine rings is 1. The van der Waals surface area contributed by atoms with E-state index >= 15 is 0 Å². The zero-order valence-corrected chi connectivity index (χ0v) is 22.5. The summed E-state index contributed by atoms with van der Waals surface area (Å²) in [6.07, 6.45) is 10.8. The summed E-state index contributed by atoms with van der Waals surface area (Å²) in [5.74, 6) is 0.708. The Labute approximate surface area is 209 Å². The average Bonchev–Trinajstić information content (AvgIpc) is 2.83. The summed E-state index contributed by atoms with van der Waals surface area (Å²) in [6.45, 7) is 15.4. The summed E-state index contributed by atoms with van der Waals surface area (Å²) in [5.41, 5.74) is 5.07. The van der Waals surface area contributed by atoms with Gasteiger partial charge < -0.3 is 14.5 Å². The molecule has 0 radical (unpaired) electrons. The van der Waals surface area contributed by atoms with Gasteiger partial charge in [0, 0.05) is 57.8 Å². The highest BCUT2D eigenvalue weighted by molar-refractivity contribution is 5.85. The number of methoxy groups -OCH3 is 1. The summed E-state index contributed by atoms with van der Waals surface area (Å²) in [7, 11) is 1.87. The quantitative estimate of drug-likeness (QED) is 0.456. The van der Waals surface area contributed by atoms with Crippen molar-refractivity contribution in [2.75, 3.05) is 62.7 Å². The van der Waals surface area contributed by atoms with Crippen LogP contribution in [0.5, 0.6) is 0 Å². The summed E-state index contributed by atoms with van der Waals surface area (Å²) >= 11 is 0. The molecular weight excluding hydrogens is 430 g/mol. The molecule has 2 aliphatic heterocycles. The van der Waals surface area contributed by atoms with Gasteiger partial charge in [-0.3, -0.25) is 4.90 Å². The minimum atomic E-state index is 0. The van der Waals surface area contributed by atoms with Gasteiger partial charge in [-0.1, -0.05) is 27.2 Å². The molecule has 3 aliphatic rings. The van der Waals surface area contributed by atoms with Crippen LogP contribution in [0.3, 0.4) is 0 Å². The van der Waals surface area contributed by atoms with Crippen molar-refractivity contribution in [1.29, 1.82) is 0 Å². The molecule has 0 amide bonds. The Morgan fingerprint density at radius 2 is 1.70 bits per heavy atom. The number of unbranched alkanes of at least 4 members (excludes halogenated alkanes) is 1. The summed E-state index contributed by atoms with van der Waals surface area (Å²) in [5, 5.41) is 0. The molecule has 1 aromatic carbocycles. The molecule has 1 saturated carbocycles. The zero-order valence-electron chi connectivity index (χ0n) is 21.7. The van der Waals surface area contributed by atoms with Crippen LogP contribution >= 0.6 is 12.4 Å². The van der Waals surface area contributed by atoms with E-state index in [4.69, 9.17) is 4.74 Å². The highest BCUT2D eigenvalue weighted by Gasteiger charge is 2.31. The first kappa shape index (κ1) is 26.6. The van der Waals surface area contributed by atoms with Gasteiger partial charge in [0.2, 0.25) is 0 Å². The maximum Gasteiger partial charge on any atom is 0.0746 e. The van der Waals surface area contributed by atoms with Crippen LogP contribution < -0.4 is 9.80 Å². The van der Waals surface area contributed by atoms with Crippen molar-refractivity contribution < 1.29 is 4.74 Å². The van der Waals surface area contributed by atoms with Crippen LogP contribution in [0.4, 0.5) is 11.4 Å². The van der Waals surface area contributed by atoms with Crippen LogP contribution in [0.1, 0.15) is 83.6 Å². The Morgan fingerprint density at radius 3 is 2.36 bits per heavy atom. The fraction of sp³-hybridized carbons (Fsp3) is 0.786. The second kappa shape index (κ2) is 12.1. The van der Waals surface area contributed by atoms with E-state index < -0.39 is 0 Å². The Bertz CT molecular complexity index is 722. The van der Waals surface area contributed by atoms with E-state index in [-0.39, 0.29) is 12.4 Å². The smallest absolute Gasteiger partial charge is 0.0746 e. The molecule has 5 heteroatoms. The summed E-state index contributed by atoms with van der Waals surface area (Å²) in [4.78, 5) is 7.92. The fourth-order valence-corrected chi connectivity index (χ4v) is 6.02. The second-order valence-electron chi connectivity index (χ2n) is 11.3. The Balaban J connectivity index is 0.00000306. The van der Waals surface area contributed by atoms with Gasteiger partial charge in [-0.15, -0.1) is 12.4 Å². The molecule has 0 aromatic heterocycles. The fourth-order valence-electron chi connectivity index (χ4n) is 6.02. The number of rotatable bonds is 7. The number of hydrogen-bond donors (Lipinski definition) is 0. The molecule has 2 heterocycles. The maximum absolute atomic E-state index is 5.71. The third-order valence-electron chi connectivity index (χ3n) is 8.41. The molecular formula is C28H48ClN3O. The van der Waals surface area contributed by atoms with Gasteiger partial charge in [0.1, 0.15) is 0 Å². The molecule has 0 spiro atoms. The van der Waals surface area contributed by atoms with Crippen molar-refractivity contribution in [3.05, 3.63) is 23.8 Å². The summed E-state index contributed by atoms with van der Waals surface area (Å²) < 4.78 is 5.71. The van der Waals surface area contributed by atoms with Gasteiger partial charge in [-0.2, -0.15) is 0 Å². The molecule has 0 bridgehead atoms. The minimum Gasteiger partial charge on any atom is -0.380 e. The van der Waals surface area contributed by atoms with E-state index in [0.29, 0.717) is 17.4 Å². The normalized spacial score (nSPS) is 24.5. The first-order valence-corrected chi connectivity index (χ1v) is 13.4. The largest absolute Gasteiger partial charge is 0.380 e. The number of piperidine rings is 1. The lowest BCUT2D eigenvalue weighted by Gasteiger charge is -2.41. The van der Waals surface area contributed by atoms with E-state index in [1.165, 1.54) is 95.5 Å². The monoisotopic (exact) mass is 477 g/mol. The number of hydrogen-bond acceptors (Lipinski definition) is 4. The molecule has 0 N–H and O–H groups in total. The van der Waals surface area contributed by atoms with Crippen molar-refractivity contribution in [1.82, 2.24) is 4.90 Å². The van der Waals surface area contributed by atoms with Crippen LogP contribution in [-0.4, -0.2) is 63.9 Å². The minimum absolute atomic E-state index is 0. The molecule has 188 valence electrons. The molecule has 33 heavy (non-hydrogen) atoms. The first-order chi connectivity index (χ1) is 15.5. The lowest BCUT2D eigenvalue weighted by atomic mass is 9.71.